The minimum atomic E-state index is -0.460. The zero-order chi connectivity index (χ0) is 20.1. The number of ketones is 2. The maximum Gasteiger partial charge on any atom is 0.303 e. The molecule has 0 N–H and O–H groups in total. The Hall–Kier alpha value is -1.78. The minimum Gasteiger partial charge on any atom is -0.458 e. The van der Waals surface area contributed by atoms with Crippen LogP contribution in [0.1, 0.15) is 65.2 Å². The molecule has 3 fully saturated rings. The number of esters is 1. The summed E-state index contributed by atoms with van der Waals surface area (Å²) in [6.45, 7) is 3.45. The van der Waals surface area contributed by atoms with Crippen LogP contribution < -0.4 is 0 Å². The summed E-state index contributed by atoms with van der Waals surface area (Å²) in [6, 6.07) is 0. The molecule has 0 aromatic heterocycles. The molecule has 152 valence electrons. The van der Waals surface area contributed by atoms with Gasteiger partial charge in [0.15, 0.2) is 11.6 Å². The number of rotatable bonds is 4. The summed E-state index contributed by atoms with van der Waals surface area (Å²) in [5.74, 6) is 0.873. The van der Waals surface area contributed by atoms with Gasteiger partial charge in [0.25, 0.3) is 0 Å². The average Bonchev–Trinajstić information content (AvgIpc) is 3.03. The Morgan fingerprint density at radius 1 is 1.14 bits per heavy atom. The van der Waals surface area contributed by atoms with Crippen LogP contribution in [0.5, 0.6) is 0 Å². The SMILES string of the molecule is CC(=O)OCC(=O)[C@@H]1CC[C@@H]2[C@H]3CCC4=CC(=O)CC[C@]4(C=O)[C@@H]3CC[C@]21C. The highest BCUT2D eigenvalue weighted by atomic mass is 16.5. The molecule has 28 heavy (non-hydrogen) atoms. The van der Waals surface area contributed by atoms with Gasteiger partial charge in [0.2, 0.25) is 0 Å². The molecule has 0 unspecified atom stereocenters. The van der Waals surface area contributed by atoms with Gasteiger partial charge >= 0.3 is 5.97 Å². The highest BCUT2D eigenvalue weighted by Gasteiger charge is 2.61. The number of hydrogen-bond donors (Lipinski definition) is 0. The summed E-state index contributed by atoms with van der Waals surface area (Å²) in [4.78, 5) is 48.1. The quantitative estimate of drug-likeness (QED) is 0.546. The molecule has 0 heterocycles. The van der Waals surface area contributed by atoms with E-state index in [0.717, 1.165) is 50.4 Å². The fourth-order valence-electron chi connectivity index (χ4n) is 7.30. The Morgan fingerprint density at radius 2 is 1.93 bits per heavy atom. The summed E-state index contributed by atoms with van der Waals surface area (Å²) in [6.07, 6.45) is 9.55. The molecule has 0 spiro atoms. The lowest BCUT2D eigenvalue weighted by molar-refractivity contribution is -0.149. The van der Waals surface area contributed by atoms with E-state index in [1.807, 2.05) is 0 Å². The number of fused-ring (bicyclic) bond motifs is 5. The van der Waals surface area contributed by atoms with Crippen molar-refractivity contribution < 1.29 is 23.9 Å². The molecule has 0 aliphatic heterocycles. The van der Waals surface area contributed by atoms with Gasteiger partial charge in [-0.2, -0.15) is 0 Å². The lowest BCUT2D eigenvalue weighted by Crippen LogP contribution is -2.52. The van der Waals surface area contributed by atoms with Crippen molar-refractivity contribution in [2.45, 2.75) is 65.2 Å². The van der Waals surface area contributed by atoms with E-state index in [-0.39, 0.29) is 29.5 Å². The van der Waals surface area contributed by atoms with E-state index in [2.05, 4.69) is 6.92 Å². The average molecular weight is 386 g/mol. The maximum atomic E-state index is 12.8. The summed E-state index contributed by atoms with van der Waals surface area (Å²) in [5, 5.41) is 0. The molecule has 6 atom stereocenters. The number of allylic oxidation sites excluding steroid dienone is 1. The summed E-state index contributed by atoms with van der Waals surface area (Å²) in [7, 11) is 0. The molecule has 5 nitrogen and oxygen atoms in total. The molecule has 0 radical (unpaired) electrons. The van der Waals surface area contributed by atoms with Crippen molar-refractivity contribution in [2.24, 2.45) is 34.5 Å². The smallest absolute Gasteiger partial charge is 0.303 e. The number of aldehydes is 1. The molecule has 0 saturated heterocycles. The molecule has 3 saturated carbocycles. The largest absolute Gasteiger partial charge is 0.458 e. The van der Waals surface area contributed by atoms with Crippen LogP contribution in [0.3, 0.4) is 0 Å². The molecule has 0 aromatic carbocycles. The van der Waals surface area contributed by atoms with Crippen LogP contribution in [0.25, 0.3) is 0 Å². The number of carbonyl (C=O) groups excluding carboxylic acids is 4. The molecule has 5 heteroatoms. The van der Waals surface area contributed by atoms with Gasteiger partial charge in [0.05, 0.1) is 5.41 Å². The van der Waals surface area contributed by atoms with E-state index in [1.54, 1.807) is 6.08 Å². The predicted octanol–water partition coefficient (Wildman–Crippen LogP) is 3.45. The van der Waals surface area contributed by atoms with Crippen molar-refractivity contribution in [1.29, 1.82) is 0 Å². The first-order chi connectivity index (χ1) is 13.3. The number of carbonyl (C=O) groups is 4. The molecule has 4 aliphatic rings. The van der Waals surface area contributed by atoms with Crippen molar-refractivity contribution >= 4 is 23.8 Å². The van der Waals surface area contributed by atoms with Gasteiger partial charge in [-0.25, -0.2) is 0 Å². The Balaban J connectivity index is 1.59. The van der Waals surface area contributed by atoms with Gasteiger partial charge in [-0.05, 0) is 74.2 Å². The summed E-state index contributed by atoms with van der Waals surface area (Å²) in [5.41, 5.74) is 0.524. The van der Waals surface area contributed by atoms with Gasteiger partial charge < -0.3 is 9.53 Å². The molecular weight excluding hydrogens is 356 g/mol. The van der Waals surface area contributed by atoms with Gasteiger partial charge in [-0.1, -0.05) is 12.5 Å². The van der Waals surface area contributed by atoms with Crippen molar-refractivity contribution in [3.63, 3.8) is 0 Å². The molecular formula is C23H30O5. The fraction of sp³-hybridized carbons (Fsp3) is 0.739. The summed E-state index contributed by atoms with van der Waals surface area (Å²) >= 11 is 0. The van der Waals surface area contributed by atoms with E-state index >= 15 is 0 Å². The monoisotopic (exact) mass is 386 g/mol. The van der Waals surface area contributed by atoms with E-state index in [1.165, 1.54) is 6.92 Å². The predicted molar refractivity (Wildman–Crippen MR) is 102 cm³/mol. The molecule has 0 bridgehead atoms. The lowest BCUT2D eigenvalue weighted by atomic mass is 9.46. The minimum absolute atomic E-state index is 0.0448. The van der Waals surface area contributed by atoms with Crippen molar-refractivity contribution in [3.8, 4) is 0 Å². The second-order valence-corrected chi connectivity index (χ2v) is 9.63. The highest BCUT2D eigenvalue weighted by molar-refractivity contribution is 5.93. The second-order valence-electron chi connectivity index (χ2n) is 9.63. The molecule has 0 aromatic rings. The van der Waals surface area contributed by atoms with Crippen LogP contribution in [-0.4, -0.2) is 30.4 Å². The van der Waals surface area contributed by atoms with Crippen LogP contribution in [0.15, 0.2) is 11.6 Å². The maximum absolute atomic E-state index is 12.8. The lowest BCUT2D eigenvalue weighted by Gasteiger charge is -2.57. The Bertz CT molecular complexity index is 752. The first kappa shape index (κ1) is 19.5. The first-order valence-corrected chi connectivity index (χ1v) is 10.7. The zero-order valence-corrected chi connectivity index (χ0v) is 16.9. The van der Waals surface area contributed by atoms with E-state index < -0.39 is 11.4 Å². The normalized spacial score (nSPS) is 41.9. The van der Waals surface area contributed by atoms with Crippen LogP contribution in [-0.2, 0) is 23.9 Å². The standard InChI is InChI=1S/C23H30O5/c1-14(25)28-12-21(27)20-6-5-18-17-4-3-15-11-16(26)7-10-23(15,13-24)19(17)8-9-22(18,20)2/h11,13,17-20H,3-10,12H2,1-2H3/t17-,18-,19-,20+,22-,23-/m1/s1. The van der Waals surface area contributed by atoms with Crippen LogP contribution in [0.4, 0.5) is 0 Å². The van der Waals surface area contributed by atoms with Crippen LogP contribution >= 0.6 is 0 Å². The highest BCUT2D eigenvalue weighted by Crippen LogP contribution is 2.66. The molecule has 4 rings (SSSR count). The van der Waals surface area contributed by atoms with Gasteiger partial charge in [-0.15, -0.1) is 0 Å². The Morgan fingerprint density at radius 3 is 2.64 bits per heavy atom. The Labute approximate surface area is 166 Å². The third kappa shape index (κ3) is 2.81. The van der Waals surface area contributed by atoms with Gasteiger partial charge in [0, 0.05) is 19.3 Å². The summed E-state index contributed by atoms with van der Waals surface area (Å²) < 4.78 is 4.99. The molecule has 4 aliphatic carbocycles. The number of hydrogen-bond acceptors (Lipinski definition) is 5. The van der Waals surface area contributed by atoms with Crippen molar-refractivity contribution in [1.82, 2.24) is 0 Å². The van der Waals surface area contributed by atoms with E-state index in [9.17, 15) is 19.2 Å². The van der Waals surface area contributed by atoms with Crippen LogP contribution in [0, 0.1) is 34.5 Å². The van der Waals surface area contributed by atoms with Crippen molar-refractivity contribution in [2.75, 3.05) is 6.61 Å². The van der Waals surface area contributed by atoms with Crippen molar-refractivity contribution in [3.05, 3.63) is 11.6 Å². The van der Waals surface area contributed by atoms with Gasteiger partial charge in [0.1, 0.15) is 12.9 Å². The van der Waals surface area contributed by atoms with E-state index in [0.29, 0.717) is 30.6 Å². The first-order valence-electron chi connectivity index (χ1n) is 10.7. The number of ether oxygens (including phenoxy) is 1. The topological polar surface area (TPSA) is 77.5 Å². The molecule has 0 amide bonds. The zero-order valence-electron chi connectivity index (χ0n) is 16.9. The fourth-order valence-corrected chi connectivity index (χ4v) is 7.30. The third-order valence-electron chi connectivity index (χ3n) is 8.58. The van der Waals surface area contributed by atoms with Gasteiger partial charge in [-0.3, -0.25) is 14.4 Å². The second kappa shape index (κ2) is 6.93. The van der Waals surface area contributed by atoms with E-state index in [4.69, 9.17) is 4.74 Å². The van der Waals surface area contributed by atoms with Crippen LogP contribution in [0.2, 0.25) is 0 Å². The third-order valence-corrected chi connectivity index (χ3v) is 8.58. The number of Topliss-reactive ketones (excluding diaryl/α,β-unsaturated/α-hetero) is 1. The Kier molecular flexibility index (Phi) is 4.83.